The Kier molecular flexibility index (Phi) is 7.89. The molecule has 2 atom stereocenters. The summed E-state index contributed by atoms with van der Waals surface area (Å²) in [5, 5.41) is 16.9. The number of carbonyl (C=O) groups is 4. The van der Waals surface area contributed by atoms with Crippen LogP contribution in [0, 0.1) is 0 Å². The maximum absolute atomic E-state index is 13.1. The van der Waals surface area contributed by atoms with Gasteiger partial charge in [-0.05, 0) is 11.1 Å². The zero-order valence-corrected chi connectivity index (χ0v) is 20.8. The number of nitrogens with one attached hydrogen (secondary N) is 1. The number of anilines is 1. The van der Waals surface area contributed by atoms with Crippen LogP contribution in [0.25, 0.3) is 0 Å². The first kappa shape index (κ1) is 25.9. The standard InChI is InChI=1S/C23H21N5O7S2/c1-2-13-10-36-21-17(20(31)28(21)18(13)22(32)33)26-19(30)16(14-11-37-23(24)25-14)27-35-9-15(29)34-8-12-6-4-3-5-7-12/h2-7,11,17,21H,1,8-10H2,(H2,24,25)(H,26,30)(H,32,33)/b27-16+/t17?,21-/m1/s1. The number of β-lactam (4-membered cyclic amide) rings is 1. The van der Waals surface area contributed by atoms with E-state index in [1.165, 1.54) is 23.2 Å². The summed E-state index contributed by atoms with van der Waals surface area (Å²) in [6.45, 7) is 3.07. The minimum atomic E-state index is -1.26. The number of hydrogen-bond acceptors (Lipinski definition) is 11. The fourth-order valence-corrected chi connectivity index (χ4v) is 5.43. The van der Waals surface area contributed by atoms with Crippen molar-refractivity contribution in [1.82, 2.24) is 15.2 Å². The summed E-state index contributed by atoms with van der Waals surface area (Å²) in [5.41, 5.74) is 6.50. The van der Waals surface area contributed by atoms with Crippen molar-refractivity contribution >= 4 is 57.7 Å². The van der Waals surface area contributed by atoms with Crippen molar-refractivity contribution in [3.8, 4) is 0 Å². The van der Waals surface area contributed by atoms with Crippen LogP contribution in [0.5, 0.6) is 0 Å². The van der Waals surface area contributed by atoms with Gasteiger partial charge in [0, 0.05) is 11.1 Å². The molecule has 0 spiro atoms. The van der Waals surface area contributed by atoms with E-state index in [-0.39, 0.29) is 28.8 Å². The molecule has 0 radical (unpaired) electrons. The van der Waals surface area contributed by atoms with Gasteiger partial charge >= 0.3 is 11.9 Å². The van der Waals surface area contributed by atoms with Crippen LogP contribution >= 0.6 is 23.1 Å². The first-order valence-corrected chi connectivity index (χ1v) is 12.7. The molecule has 1 fully saturated rings. The minimum Gasteiger partial charge on any atom is -0.477 e. The summed E-state index contributed by atoms with van der Waals surface area (Å²) in [7, 11) is 0. The van der Waals surface area contributed by atoms with Gasteiger partial charge in [-0.25, -0.2) is 14.6 Å². The zero-order valence-electron chi connectivity index (χ0n) is 19.2. The van der Waals surface area contributed by atoms with Gasteiger partial charge in [-0.15, -0.1) is 23.1 Å². The van der Waals surface area contributed by atoms with E-state index in [0.717, 1.165) is 21.8 Å². The van der Waals surface area contributed by atoms with Gasteiger partial charge in [0.2, 0.25) is 6.61 Å². The van der Waals surface area contributed by atoms with E-state index in [4.69, 9.17) is 15.3 Å². The molecule has 2 aliphatic rings. The van der Waals surface area contributed by atoms with Gasteiger partial charge < -0.3 is 25.7 Å². The van der Waals surface area contributed by atoms with E-state index in [1.807, 2.05) is 18.2 Å². The molecule has 1 saturated heterocycles. The third-order valence-electron chi connectivity index (χ3n) is 5.29. The van der Waals surface area contributed by atoms with Crippen LogP contribution in [-0.4, -0.2) is 68.2 Å². The van der Waals surface area contributed by atoms with Crippen molar-refractivity contribution in [1.29, 1.82) is 0 Å². The average molecular weight is 544 g/mol. The van der Waals surface area contributed by atoms with Crippen LogP contribution in [0.1, 0.15) is 11.3 Å². The largest absolute Gasteiger partial charge is 0.477 e. The maximum atomic E-state index is 13.1. The van der Waals surface area contributed by atoms with Crippen LogP contribution in [0.15, 0.2) is 64.8 Å². The molecule has 14 heteroatoms. The van der Waals surface area contributed by atoms with Crippen molar-refractivity contribution in [3.63, 3.8) is 0 Å². The fraction of sp³-hybridized carbons (Fsp3) is 0.217. The summed E-state index contributed by atoms with van der Waals surface area (Å²) in [6.07, 6.45) is 1.39. The Labute approximate surface area is 218 Å². The van der Waals surface area contributed by atoms with Gasteiger partial charge in [-0.1, -0.05) is 48.1 Å². The second-order valence-electron chi connectivity index (χ2n) is 7.67. The lowest BCUT2D eigenvalue weighted by molar-refractivity contribution is -0.150. The van der Waals surface area contributed by atoms with Crippen LogP contribution in [0.2, 0.25) is 0 Å². The molecule has 1 aromatic heterocycles. The molecule has 4 rings (SSSR count). The fourth-order valence-electron chi connectivity index (χ4n) is 3.54. The molecule has 1 aromatic carbocycles. The molecule has 4 N–H and O–H groups in total. The molecule has 0 aliphatic carbocycles. The highest BCUT2D eigenvalue weighted by Gasteiger charge is 2.54. The summed E-state index contributed by atoms with van der Waals surface area (Å²) < 4.78 is 5.11. The van der Waals surface area contributed by atoms with Gasteiger partial charge in [0.05, 0.1) is 0 Å². The predicted octanol–water partition coefficient (Wildman–Crippen LogP) is 1.11. The van der Waals surface area contributed by atoms with E-state index < -0.39 is 41.8 Å². The highest BCUT2D eigenvalue weighted by Crippen LogP contribution is 2.40. The number of carboxylic acids is 1. The number of ether oxygens (including phenoxy) is 1. The maximum Gasteiger partial charge on any atom is 0.352 e. The highest BCUT2D eigenvalue weighted by atomic mass is 32.2. The van der Waals surface area contributed by atoms with E-state index in [9.17, 15) is 24.3 Å². The first-order chi connectivity index (χ1) is 17.8. The van der Waals surface area contributed by atoms with Crippen LogP contribution < -0.4 is 11.1 Å². The molecule has 3 heterocycles. The number of nitrogens with zero attached hydrogens (tertiary/aromatic N) is 3. The molecule has 37 heavy (non-hydrogen) atoms. The van der Waals surface area contributed by atoms with E-state index in [0.29, 0.717) is 11.3 Å². The third kappa shape index (κ3) is 5.65. The number of fused-ring (bicyclic) bond motifs is 1. The Bertz CT molecular complexity index is 1310. The molecule has 0 bridgehead atoms. The van der Waals surface area contributed by atoms with Crippen molar-refractivity contribution < 1.29 is 33.9 Å². The van der Waals surface area contributed by atoms with Gasteiger partial charge in [0.1, 0.15) is 29.4 Å². The number of rotatable bonds is 10. The summed E-state index contributed by atoms with van der Waals surface area (Å²) in [5.74, 6) is -3.06. The number of hydrogen-bond donors (Lipinski definition) is 3. The van der Waals surface area contributed by atoms with E-state index in [1.54, 1.807) is 12.1 Å². The second kappa shape index (κ2) is 11.3. The SMILES string of the molecule is C=CC1=C(C(=O)O)N2C(=O)C(NC(=O)/C(=N/OCC(=O)OCc3ccccc3)c3csc(N)n3)[C@H]2SC1. The number of nitrogens with two attached hydrogens (primary N) is 1. The summed E-state index contributed by atoms with van der Waals surface area (Å²) >= 11 is 2.35. The highest BCUT2D eigenvalue weighted by molar-refractivity contribution is 8.00. The number of oxime groups is 1. The van der Waals surface area contributed by atoms with Crippen molar-refractivity contribution in [2.24, 2.45) is 5.16 Å². The van der Waals surface area contributed by atoms with Gasteiger partial charge in [0.25, 0.3) is 11.8 Å². The number of allylic oxidation sites excluding steroid dienone is 1. The molecule has 2 aliphatic heterocycles. The van der Waals surface area contributed by atoms with Crippen LogP contribution in [0.3, 0.4) is 0 Å². The van der Waals surface area contributed by atoms with Crippen LogP contribution in [0.4, 0.5) is 5.13 Å². The Morgan fingerprint density at radius 2 is 2.08 bits per heavy atom. The lowest BCUT2D eigenvalue weighted by Crippen LogP contribution is -2.71. The van der Waals surface area contributed by atoms with Crippen LogP contribution in [-0.2, 0) is 35.4 Å². The summed E-state index contributed by atoms with van der Waals surface area (Å²) in [4.78, 5) is 59.7. The third-order valence-corrected chi connectivity index (χ3v) is 7.27. The van der Waals surface area contributed by atoms with E-state index in [2.05, 4.69) is 22.0 Å². The Morgan fingerprint density at radius 1 is 1.32 bits per heavy atom. The smallest absolute Gasteiger partial charge is 0.352 e. The summed E-state index contributed by atoms with van der Waals surface area (Å²) in [6, 6.07) is 8.04. The Morgan fingerprint density at radius 3 is 2.73 bits per heavy atom. The van der Waals surface area contributed by atoms with E-state index >= 15 is 0 Å². The number of esters is 1. The number of amides is 2. The van der Waals surface area contributed by atoms with Gasteiger partial charge in [-0.3, -0.25) is 14.5 Å². The monoisotopic (exact) mass is 543 g/mol. The number of carboxylic acid groups (broad SMARTS) is 1. The quantitative estimate of drug-likeness (QED) is 0.170. The zero-order chi connectivity index (χ0) is 26.5. The number of benzene rings is 1. The topological polar surface area (TPSA) is 174 Å². The number of thiazole rings is 1. The molecule has 2 aromatic rings. The Hall–Kier alpha value is -4.17. The normalized spacial score (nSPS) is 19.0. The molecule has 1 unspecified atom stereocenters. The number of nitrogen functional groups attached to an aromatic ring is 1. The minimum absolute atomic E-state index is 0.0441. The lowest BCUT2D eigenvalue weighted by atomic mass is 10.0. The molecule has 0 saturated carbocycles. The molecule has 2 amide bonds. The number of aliphatic carboxylic acids is 1. The molecular weight excluding hydrogens is 522 g/mol. The van der Waals surface area contributed by atoms with Gasteiger partial charge in [0.15, 0.2) is 10.8 Å². The molecular formula is C23H21N5O7S2. The van der Waals surface area contributed by atoms with Crippen molar-refractivity contribution in [3.05, 3.63) is 70.9 Å². The predicted molar refractivity (Wildman–Crippen MR) is 135 cm³/mol. The second-order valence-corrected chi connectivity index (χ2v) is 9.67. The first-order valence-electron chi connectivity index (χ1n) is 10.8. The average Bonchev–Trinajstić information content (AvgIpc) is 3.33. The number of aromatic nitrogens is 1. The molecule has 12 nitrogen and oxygen atoms in total. The lowest BCUT2D eigenvalue weighted by Gasteiger charge is -2.49. The molecule has 192 valence electrons. The Balaban J connectivity index is 1.42. The number of carbonyl (C=O) groups excluding carboxylic acids is 3. The number of thioether (sulfide) groups is 1. The van der Waals surface area contributed by atoms with Crippen molar-refractivity contribution in [2.75, 3.05) is 18.1 Å². The van der Waals surface area contributed by atoms with Gasteiger partial charge in [-0.2, -0.15) is 0 Å². The van der Waals surface area contributed by atoms with Crippen molar-refractivity contribution in [2.45, 2.75) is 18.0 Å².